The van der Waals surface area contributed by atoms with Gasteiger partial charge in [0.15, 0.2) is 5.43 Å². The van der Waals surface area contributed by atoms with E-state index in [2.05, 4.69) is 10.3 Å². The molecule has 20 heavy (non-hydrogen) atoms. The predicted octanol–water partition coefficient (Wildman–Crippen LogP) is 1.98. The number of aromatic amines is 1. The lowest BCUT2D eigenvalue weighted by atomic mass is 10.2. The fourth-order valence-electron chi connectivity index (χ4n) is 1.56. The van der Waals surface area contributed by atoms with Gasteiger partial charge in [0.25, 0.3) is 5.91 Å². The fraction of sp³-hybridized carbons (Fsp3) is 0. The van der Waals surface area contributed by atoms with Gasteiger partial charge in [0.05, 0.1) is 10.6 Å². The Balaban J connectivity index is 2.29. The molecule has 0 spiro atoms. The number of halogens is 1. The smallest absolute Gasteiger partial charge is 0.337 e. The maximum atomic E-state index is 11.9. The van der Waals surface area contributed by atoms with E-state index in [9.17, 15) is 14.4 Å². The molecule has 2 aromatic rings. The van der Waals surface area contributed by atoms with Crippen LogP contribution in [0.25, 0.3) is 0 Å². The number of H-pyrrole nitrogens is 1. The molecule has 0 aliphatic rings. The van der Waals surface area contributed by atoms with Crippen molar-refractivity contribution >= 4 is 29.2 Å². The zero-order valence-corrected chi connectivity index (χ0v) is 10.8. The first-order chi connectivity index (χ1) is 9.49. The number of carbonyl (C=O) groups is 2. The fourth-order valence-corrected chi connectivity index (χ4v) is 1.76. The minimum Gasteiger partial charge on any atom is -0.478 e. The largest absolute Gasteiger partial charge is 0.478 e. The molecule has 1 aromatic carbocycles. The van der Waals surface area contributed by atoms with E-state index in [-0.39, 0.29) is 21.8 Å². The Hall–Kier alpha value is -2.60. The Bertz CT molecular complexity index is 739. The standard InChI is InChI=1S/C13H9ClN2O4/c14-10-2-1-7(5-8(10)13(19)20)16-12(18)9-6-15-4-3-11(9)17/h1-6H,(H,15,17)(H,16,18)(H,19,20). The number of anilines is 1. The third kappa shape index (κ3) is 2.86. The van der Waals surface area contributed by atoms with Crippen LogP contribution < -0.4 is 10.7 Å². The summed E-state index contributed by atoms with van der Waals surface area (Å²) in [6, 6.07) is 5.25. The lowest BCUT2D eigenvalue weighted by molar-refractivity contribution is 0.0696. The highest BCUT2D eigenvalue weighted by molar-refractivity contribution is 6.33. The van der Waals surface area contributed by atoms with E-state index in [0.717, 1.165) is 0 Å². The zero-order valence-electron chi connectivity index (χ0n) is 10.0. The second-order valence-electron chi connectivity index (χ2n) is 3.88. The molecule has 0 fully saturated rings. The maximum Gasteiger partial charge on any atom is 0.337 e. The number of carboxylic acids is 1. The number of hydrogen-bond donors (Lipinski definition) is 3. The van der Waals surface area contributed by atoms with E-state index in [4.69, 9.17) is 16.7 Å². The summed E-state index contributed by atoms with van der Waals surface area (Å²) in [5, 5.41) is 11.4. The number of hydrogen-bond acceptors (Lipinski definition) is 3. The van der Waals surface area contributed by atoms with E-state index in [1.807, 2.05) is 0 Å². The van der Waals surface area contributed by atoms with E-state index in [1.165, 1.54) is 36.7 Å². The molecule has 2 rings (SSSR count). The summed E-state index contributed by atoms with van der Waals surface area (Å²) in [4.78, 5) is 36.9. The minimum absolute atomic E-state index is 0.0630. The summed E-state index contributed by atoms with van der Waals surface area (Å²) in [6.07, 6.45) is 2.68. The molecule has 0 unspecified atom stereocenters. The topological polar surface area (TPSA) is 99.3 Å². The quantitative estimate of drug-likeness (QED) is 0.805. The van der Waals surface area contributed by atoms with Crippen LogP contribution in [0.1, 0.15) is 20.7 Å². The molecule has 6 nitrogen and oxygen atoms in total. The number of carbonyl (C=O) groups excluding carboxylic acids is 1. The average molecular weight is 293 g/mol. The number of aromatic nitrogens is 1. The van der Waals surface area contributed by atoms with Crippen molar-refractivity contribution < 1.29 is 14.7 Å². The summed E-state index contributed by atoms with van der Waals surface area (Å²) < 4.78 is 0. The molecule has 1 amide bonds. The van der Waals surface area contributed by atoms with Gasteiger partial charge in [-0.05, 0) is 18.2 Å². The molecular weight excluding hydrogens is 284 g/mol. The van der Waals surface area contributed by atoms with Crippen LogP contribution in [-0.2, 0) is 0 Å². The van der Waals surface area contributed by atoms with Crippen molar-refractivity contribution in [3.05, 3.63) is 63.0 Å². The summed E-state index contributed by atoms with van der Waals surface area (Å²) >= 11 is 5.72. The van der Waals surface area contributed by atoms with E-state index < -0.39 is 17.3 Å². The maximum absolute atomic E-state index is 11.9. The van der Waals surface area contributed by atoms with Crippen molar-refractivity contribution in [2.45, 2.75) is 0 Å². The van der Waals surface area contributed by atoms with Crippen LogP contribution in [0.4, 0.5) is 5.69 Å². The highest BCUT2D eigenvalue weighted by atomic mass is 35.5. The van der Waals surface area contributed by atoms with E-state index in [0.29, 0.717) is 0 Å². The molecule has 7 heteroatoms. The van der Waals surface area contributed by atoms with Crippen LogP contribution >= 0.6 is 11.6 Å². The van der Waals surface area contributed by atoms with Gasteiger partial charge in [-0.15, -0.1) is 0 Å². The molecule has 1 heterocycles. The predicted molar refractivity (Wildman–Crippen MR) is 73.4 cm³/mol. The van der Waals surface area contributed by atoms with Crippen molar-refractivity contribution in [2.75, 3.05) is 5.32 Å². The van der Waals surface area contributed by atoms with Gasteiger partial charge in [0.2, 0.25) is 0 Å². The molecule has 0 bridgehead atoms. The lowest BCUT2D eigenvalue weighted by Crippen LogP contribution is -2.21. The van der Waals surface area contributed by atoms with Crippen molar-refractivity contribution in [2.24, 2.45) is 0 Å². The number of aromatic carboxylic acids is 1. The van der Waals surface area contributed by atoms with Gasteiger partial charge in [-0.2, -0.15) is 0 Å². The molecular formula is C13H9ClN2O4. The molecule has 0 saturated carbocycles. The first-order valence-electron chi connectivity index (χ1n) is 5.50. The number of nitrogens with one attached hydrogen (secondary N) is 2. The Morgan fingerprint density at radius 3 is 2.60 bits per heavy atom. The Kier molecular flexibility index (Phi) is 3.86. The van der Waals surface area contributed by atoms with Crippen LogP contribution in [-0.4, -0.2) is 22.0 Å². The summed E-state index contributed by atoms with van der Waals surface area (Å²) in [5.74, 6) is -1.84. The molecule has 0 atom stereocenters. The first-order valence-corrected chi connectivity index (χ1v) is 5.88. The van der Waals surface area contributed by atoms with E-state index >= 15 is 0 Å². The summed E-state index contributed by atoms with van der Waals surface area (Å²) in [7, 11) is 0. The minimum atomic E-state index is -1.20. The second kappa shape index (κ2) is 5.58. The monoisotopic (exact) mass is 292 g/mol. The van der Waals surface area contributed by atoms with Gasteiger partial charge in [-0.1, -0.05) is 11.6 Å². The highest BCUT2D eigenvalue weighted by Crippen LogP contribution is 2.20. The van der Waals surface area contributed by atoms with Gasteiger partial charge in [-0.25, -0.2) is 4.79 Å². The SMILES string of the molecule is O=C(O)c1cc(NC(=O)c2c[nH]ccc2=O)ccc1Cl. The van der Waals surface area contributed by atoms with Crippen LogP contribution in [0.15, 0.2) is 41.5 Å². The molecule has 102 valence electrons. The van der Waals surface area contributed by atoms with Crippen molar-refractivity contribution in [1.29, 1.82) is 0 Å². The Labute approximate surface area is 118 Å². The van der Waals surface area contributed by atoms with Gasteiger partial charge in [0.1, 0.15) is 5.56 Å². The van der Waals surface area contributed by atoms with Gasteiger partial charge in [0, 0.05) is 24.1 Å². The average Bonchev–Trinajstić information content (AvgIpc) is 2.41. The second-order valence-corrected chi connectivity index (χ2v) is 4.28. The van der Waals surface area contributed by atoms with Crippen LogP contribution in [0.2, 0.25) is 5.02 Å². The molecule has 0 aliphatic heterocycles. The molecule has 0 radical (unpaired) electrons. The molecule has 1 aromatic heterocycles. The van der Waals surface area contributed by atoms with E-state index in [1.54, 1.807) is 0 Å². The third-order valence-electron chi connectivity index (χ3n) is 2.52. The van der Waals surface area contributed by atoms with Crippen LogP contribution in [0.5, 0.6) is 0 Å². The highest BCUT2D eigenvalue weighted by Gasteiger charge is 2.13. The number of carboxylic acid groups (broad SMARTS) is 1. The van der Waals surface area contributed by atoms with Gasteiger partial charge in [-0.3, -0.25) is 9.59 Å². The number of rotatable bonds is 3. The van der Waals surface area contributed by atoms with Crippen LogP contribution in [0.3, 0.4) is 0 Å². The first kappa shape index (κ1) is 13.8. The van der Waals surface area contributed by atoms with Gasteiger partial charge < -0.3 is 15.4 Å². The van der Waals surface area contributed by atoms with Crippen molar-refractivity contribution in [3.8, 4) is 0 Å². The third-order valence-corrected chi connectivity index (χ3v) is 2.85. The Morgan fingerprint density at radius 2 is 1.95 bits per heavy atom. The summed E-state index contributed by atoms with van der Waals surface area (Å²) in [5.41, 5.74) is -0.403. The van der Waals surface area contributed by atoms with Gasteiger partial charge >= 0.3 is 5.97 Å². The zero-order chi connectivity index (χ0) is 14.7. The van der Waals surface area contributed by atoms with Crippen molar-refractivity contribution in [1.82, 2.24) is 4.98 Å². The molecule has 0 aliphatic carbocycles. The number of benzene rings is 1. The number of amides is 1. The normalized spacial score (nSPS) is 10.1. The lowest BCUT2D eigenvalue weighted by Gasteiger charge is -2.06. The Morgan fingerprint density at radius 1 is 1.20 bits per heavy atom. The summed E-state index contributed by atoms with van der Waals surface area (Å²) in [6.45, 7) is 0. The van der Waals surface area contributed by atoms with Crippen molar-refractivity contribution in [3.63, 3.8) is 0 Å². The molecule has 3 N–H and O–H groups in total. The number of pyridine rings is 1. The van der Waals surface area contributed by atoms with Crippen LogP contribution in [0, 0.1) is 0 Å². The molecule has 0 saturated heterocycles.